The number of carbonyl (C=O) groups is 2. The van der Waals surface area contributed by atoms with E-state index >= 15 is 0 Å². The molecule has 0 aliphatic rings. The molecule has 0 aliphatic carbocycles. The molecule has 1 aromatic carbocycles. The standard InChI is InChI=1S/C16H23ClN2O6S/c1-5-6-11(2)18-15(20)10-25-16(21)12-7-8-13(17)14(9-12)26(22,23)19(3)24-4/h7-9,11H,5-6,10H2,1-4H3,(H,18,20)/t11-/m1/s1. The Hall–Kier alpha value is -1.68. The first kappa shape index (κ1) is 22.4. The van der Waals surface area contributed by atoms with Gasteiger partial charge in [0.05, 0.1) is 17.7 Å². The number of sulfonamides is 1. The van der Waals surface area contributed by atoms with Crippen molar-refractivity contribution in [2.75, 3.05) is 20.8 Å². The van der Waals surface area contributed by atoms with Gasteiger partial charge >= 0.3 is 5.97 Å². The van der Waals surface area contributed by atoms with E-state index in [0.717, 1.165) is 18.9 Å². The summed E-state index contributed by atoms with van der Waals surface area (Å²) >= 11 is 5.92. The van der Waals surface area contributed by atoms with E-state index in [1.54, 1.807) is 0 Å². The van der Waals surface area contributed by atoms with E-state index < -0.39 is 28.5 Å². The highest BCUT2D eigenvalue weighted by Gasteiger charge is 2.25. The molecule has 0 saturated carbocycles. The summed E-state index contributed by atoms with van der Waals surface area (Å²) < 4.78 is 30.2. The molecule has 0 fully saturated rings. The van der Waals surface area contributed by atoms with E-state index in [1.165, 1.54) is 26.3 Å². The molecule has 1 N–H and O–H groups in total. The van der Waals surface area contributed by atoms with Crippen molar-refractivity contribution in [3.05, 3.63) is 28.8 Å². The van der Waals surface area contributed by atoms with Crippen LogP contribution in [0.15, 0.2) is 23.1 Å². The van der Waals surface area contributed by atoms with Gasteiger partial charge in [-0.05, 0) is 31.5 Å². The van der Waals surface area contributed by atoms with Crippen molar-refractivity contribution in [2.24, 2.45) is 0 Å². The second kappa shape index (κ2) is 9.86. The fraction of sp³-hybridized carbons (Fsp3) is 0.500. The average molecular weight is 407 g/mol. The molecule has 0 aliphatic heterocycles. The van der Waals surface area contributed by atoms with Gasteiger partial charge in [-0.15, -0.1) is 0 Å². The first-order valence-electron chi connectivity index (χ1n) is 7.92. The van der Waals surface area contributed by atoms with Crippen LogP contribution in [0.5, 0.6) is 0 Å². The molecule has 1 aromatic rings. The number of esters is 1. The lowest BCUT2D eigenvalue weighted by molar-refractivity contribution is -0.124. The smallest absolute Gasteiger partial charge is 0.338 e. The molecule has 1 atom stereocenters. The maximum absolute atomic E-state index is 12.3. The summed E-state index contributed by atoms with van der Waals surface area (Å²) in [6.45, 7) is 3.39. The fourth-order valence-corrected chi connectivity index (χ4v) is 3.57. The van der Waals surface area contributed by atoms with Crippen molar-refractivity contribution in [3.8, 4) is 0 Å². The number of rotatable bonds is 9. The van der Waals surface area contributed by atoms with Gasteiger partial charge in [0, 0.05) is 13.1 Å². The van der Waals surface area contributed by atoms with Crippen LogP contribution in [0.25, 0.3) is 0 Å². The first-order chi connectivity index (χ1) is 12.1. The molecule has 1 rings (SSSR count). The zero-order valence-electron chi connectivity index (χ0n) is 15.1. The molecule has 8 nitrogen and oxygen atoms in total. The maximum Gasteiger partial charge on any atom is 0.338 e. The second-order valence-corrected chi connectivity index (χ2v) is 7.89. The zero-order valence-corrected chi connectivity index (χ0v) is 16.7. The zero-order chi connectivity index (χ0) is 19.9. The Kier molecular flexibility index (Phi) is 8.48. The largest absolute Gasteiger partial charge is 0.452 e. The molecule has 0 aromatic heterocycles. The van der Waals surface area contributed by atoms with Crippen molar-refractivity contribution >= 4 is 33.5 Å². The van der Waals surface area contributed by atoms with Gasteiger partial charge in [-0.1, -0.05) is 29.4 Å². The second-order valence-electron chi connectivity index (χ2n) is 5.58. The lowest BCUT2D eigenvalue weighted by Crippen LogP contribution is -2.35. The summed E-state index contributed by atoms with van der Waals surface area (Å²) in [4.78, 5) is 28.2. The van der Waals surface area contributed by atoms with Gasteiger partial charge in [-0.2, -0.15) is 0 Å². The van der Waals surface area contributed by atoms with Crippen LogP contribution in [0, 0.1) is 0 Å². The molecule has 0 heterocycles. The van der Waals surface area contributed by atoms with Crippen LogP contribution in [0.3, 0.4) is 0 Å². The number of nitrogens with one attached hydrogen (secondary N) is 1. The highest BCUT2D eigenvalue weighted by Crippen LogP contribution is 2.25. The molecule has 1 amide bonds. The molecule has 0 saturated heterocycles. The van der Waals surface area contributed by atoms with Crippen LogP contribution in [0.2, 0.25) is 5.02 Å². The third-order valence-electron chi connectivity index (χ3n) is 3.50. The lowest BCUT2D eigenvalue weighted by atomic mass is 10.2. The van der Waals surface area contributed by atoms with E-state index in [4.69, 9.17) is 16.3 Å². The minimum atomic E-state index is -4.04. The van der Waals surface area contributed by atoms with Gasteiger partial charge in [-0.3, -0.25) is 9.63 Å². The molecule has 0 unspecified atom stereocenters. The Labute approximate surface area is 158 Å². The van der Waals surface area contributed by atoms with Crippen LogP contribution in [-0.2, 0) is 24.4 Å². The van der Waals surface area contributed by atoms with E-state index in [2.05, 4.69) is 10.2 Å². The van der Waals surface area contributed by atoms with Crippen LogP contribution in [0.4, 0.5) is 0 Å². The lowest BCUT2D eigenvalue weighted by Gasteiger charge is -2.16. The number of halogens is 1. The number of hydrogen-bond acceptors (Lipinski definition) is 6. The molecular formula is C16H23ClN2O6S. The fourth-order valence-electron chi connectivity index (χ4n) is 2.10. The SMILES string of the molecule is CCC[C@@H](C)NC(=O)COC(=O)c1ccc(Cl)c(S(=O)(=O)N(C)OC)c1. The highest BCUT2D eigenvalue weighted by atomic mass is 35.5. The predicted molar refractivity (Wildman–Crippen MR) is 96.2 cm³/mol. The van der Waals surface area contributed by atoms with E-state index in [1.807, 2.05) is 13.8 Å². The van der Waals surface area contributed by atoms with Crippen molar-refractivity contribution in [3.63, 3.8) is 0 Å². The molecular weight excluding hydrogens is 384 g/mol. The Morgan fingerprint density at radius 3 is 2.58 bits per heavy atom. The van der Waals surface area contributed by atoms with Crippen molar-refractivity contribution in [1.82, 2.24) is 9.79 Å². The molecule has 0 radical (unpaired) electrons. The Balaban J connectivity index is 2.86. The third-order valence-corrected chi connectivity index (χ3v) is 5.67. The van der Waals surface area contributed by atoms with Crippen LogP contribution < -0.4 is 5.32 Å². The summed E-state index contributed by atoms with van der Waals surface area (Å²) in [5.41, 5.74) is -0.0492. The monoisotopic (exact) mass is 406 g/mol. The molecule has 146 valence electrons. The summed E-state index contributed by atoms with van der Waals surface area (Å²) in [6, 6.07) is 3.63. The van der Waals surface area contributed by atoms with Gasteiger partial charge in [0.25, 0.3) is 15.9 Å². The van der Waals surface area contributed by atoms with E-state index in [-0.39, 0.29) is 21.5 Å². The van der Waals surface area contributed by atoms with E-state index in [9.17, 15) is 18.0 Å². The summed E-state index contributed by atoms with van der Waals surface area (Å²) in [5, 5.41) is 2.63. The number of hydroxylamine groups is 1. The van der Waals surface area contributed by atoms with E-state index in [0.29, 0.717) is 4.47 Å². The molecule has 10 heteroatoms. The number of ether oxygens (including phenoxy) is 1. The average Bonchev–Trinajstić information content (AvgIpc) is 2.59. The van der Waals surface area contributed by atoms with Crippen molar-refractivity contribution in [2.45, 2.75) is 37.6 Å². The molecule has 26 heavy (non-hydrogen) atoms. The van der Waals surface area contributed by atoms with Gasteiger partial charge in [0.2, 0.25) is 0 Å². The van der Waals surface area contributed by atoms with Crippen LogP contribution in [0.1, 0.15) is 37.0 Å². The maximum atomic E-state index is 12.3. The van der Waals surface area contributed by atoms with Gasteiger partial charge < -0.3 is 10.1 Å². The Bertz CT molecular complexity index is 753. The molecule has 0 spiro atoms. The number of carbonyl (C=O) groups excluding carboxylic acids is 2. The minimum Gasteiger partial charge on any atom is -0.452 e. The number of amides is 1. The topological polar surface area (TPSA) is 102 Å². The number of nitrogens with zero attached hydrogens (tertiary/aromatic N) is 1. The van der Waals surface area contributed by atoms with Gasteiger partial charge in [0.15, 0.2) is 6.61 Å². The van der Waals surface area contributed by atoms with Crippen molar-refractivity contribution in [1.29, 1.82) is 0 Å². The summed E-state index contributed by atoms with van der Waals surface area (Å²) in [5.74, 6) is -1.27. The van der Waals surface area contributed by atoms with Crippen LogP contribution in [-0.4, -0.2) is 51.6 Å². The van der Waals surface area contributed by atoms with Gasteiger partial charge in [-0.25, -0.2) is 13.2 Å². The first-order valence-corrected chi connectivity index (χ1v) is 9.74. The normalized spacial score (nSPS) is 12.7. The Morgan fingerprint density at radius 1 is 1.35 bits per heavy atom. The minimum absolute atomic E-state index is 0.0249. The molecule has 0 bridgehead atoms. The number of hydrogen-bond donors (Lipinski definition) is 1. The number of benzene rings is 1. The summed E-state index contributed by atoms with van der Waals surface area (Å²) in [6.07, 6.45) is 1.73. The van der Waals surface area contributed by atoms with Crippen LogP contribution >= 0.6 is 11.6 Å². The predicted octanol–water partition coefficient (Wildman–Crippen LogP) is 1.98. The quantitative estimate of drug-likeness (QED) is 0.497. The van der Waals surface area contributed by atoms with Gasteiger partial charge in [0.1, 0.15) is 4.90 Å². The van der Waals surface area contributed by atoms with Crippen molar-refractivity contribution < 1.29 is 27.6 Å². The Morgan fingerprint density at radius 2 is 2.00 bits per heavy atom. The highest BCUT2D eigenvalue weighted by molar-refractivity contribution is 7.89. The third kappa shape index (κ3) is 5.94. The summed E-state index contributed by atoms with van der Waals surface area (Å²) in [7, 11) is -1.66.